The minimum atomic E-state index is -4.20. The highest BCUT2D eigenvalue weighted by Gasteiger charge is 2.25. The van der Waals surface area contributed by atoms with Gasteiger partial charge in [-0.05, 0) is 30.5 Å². The summed E-state index contributed by atoms with van der Waals surface area (Å²) in [5.74, 6) is -2.02. The molecule has 0 radical (unpaired) electrons. The van der Waals surface area contributed by atoms with Gasteiger partial charge in [-0.3, -0.25) is 0 Å². The molecule has 0 aliphatic rings. The SMILES string of the molecule is Fc1ccc(CCCC(F)(F)F)cc1F. The molecule has 0 aliphatic heterocycles. The average Bonchev–Trinajstić information content (AvgIpc) is 2.09. The summed E-state index contributed by atoms with van der Waals surface area (Å²) in [6.45, 7) is 0. The molecule has 5 heteroatoms. The first-order valence-corrected chi connectivity index (χ1v) is 4.39. The summed E-state index contributed by atoms with van der Waals surface area (Å²) in [5, 5.41) is 0. The smallest absolute Gasteiger partial charge is 0.204 e. The summed E-state index contributed by atoms with van der Waals surface area (Å²) in [7, 11) is 0. The molecule has 84 valence electrons. The first kappa shape index (κ1) is 11.9. The molecule has 0 fully saturated rings. The van der Waals surface area contributed by atoms with E-state index >= 15 is 0 Å². The zero-order valence-corrected chi connectivity index (χ0v) is 7.74. The largest absolute Gasteiger partial charge is 0.389 e. The van der Waals surface area contributed by atoms with Crippen LogP contribution in [0.2, 0.25) is 0 Å². The van der Waals surface area contributed by atoms with Crippen LogP contribution in [0.3, 0.4) is 0 Å². The van der Waals surface area contributed by atoms with Crippen LogP contribution in [0.15, 0.2) is 18.2 Å². The van der Waals surface area contributed by atoms with Crippen LogP contribution in [0.4, 0.5) is 22.0 Å². The quantitative estimate of drug-likeness (QED) is 0.684. The summed E-state index contributed by atoms with van der Waals surface area (Å²) in [6.07, 6.45) is -5.13. The van der Waals surface area contributed by atoms with E-state index in [0.717, 1.165) is 12.1 Å². The number of halogens is 5. The van der Waals surface area contributed by atoms with E-state index < -0.39 is 24.2 Å². The van der Waals surface area contributed by atoms with Crippen LogP contribution in [0.5, 0.6) is 0 Å². The molecular formula is C10H9F5. The second-order valence-corrected chi connectivity index (χ2v) is 3.22. The third-order valence-electron chi connectivity index (χ3n) is 1.91. The molecule has 1 rings (SSSR count). The maximum atomic E-state index is 12.6. The van der Waals surface area contributed by atoms with Gasteiger partial charge < -0.3 is 0 Å². The number of alkyl halides is 3. The Hall–Kier alpha value is -1.13. The van der Waals surface area contributed by atoms with Gasteiger partial charge >= 0.3 is 6.18 Å². The average molecular weight is 224 g/mol. The Labute approximate surface area is 83.7 Å². The Balaban J connectivity index is 2.48. The molecule has 15 heavy (non-hydrogen) atoms. The standard InChI is InChI=1S/C10H9F5/c11-8-4-3-7(6-9(8)12)2-1-5-10(13,14)15/h3-4,6H,1-2,5H2. The van der Waals surface area contributed by atoms with Gasteiger partial charge in [-0.2, -0.15) is 13.2 Å². The highest BCUT2D eigenvalue weighted by molar-refractivity contribution is 5.17. The van der Waals surface area contributed by atoms with Crippen molar-refractivity contribution < 1.29 is 22.0 Å². The maximum Gasteiger partial charge on any atom is 0.389 e. The fourth-order valence-corrected chi connectivity index (χ4v) is 1.19. The normalized spacial score (nSPS) is 11.8. The first-order chi connectivity index (χ1) is 6.88. The molecule has 0 aromatic heterocycles. The summed E-state index contributed by atoms with van der Waals surface area (Å²) in [4.78, 5) is 0. The van der Waals surface area contributed by atoms with Crippen LogP contribution < -0.4 is 0 Å². The Bertz CT molecular complexity index is 329. The molecule has 1 aromatic carbocycles. The number of benzene rings is 1. The zero-order valence-electron chi connectivity index (χ0n) is 7.74. The Morgan fingerprint density at radius 1 is 1.00 bits per heavy atom. The van der Waals surface area contributed by atoms with Crippen molar-refractivity contribution in [2.75, 3.05) is 0 Å². The summed E-state index contributed by atoms with van der Waals surface area (Å²) in [6, 6.07) is 3.12. The van der Waals surface area contributed by atoms with Gasteiger partial charge in [0.25, 0.3) is 0 Å². The molecule has 0 saturated carbocycles. The van der Waals surface area contributed by atoms with E-state index in [2.05, 4.69) is 0 Å². The number of aryl methyl sites for hydroxylation is 1. The van der Waals surface area contributed by atoms with Gasteiger partial charge in [-0.15, -0.1) is 0 Å². The van der Waals surface area contributed by atoms with Gasteiger partial charge in [0.2, 0.25) is 0 Å². The highest BCUT2D eigenvalue weighted by atomic mass is 19.4. The molecule has 0 N–H and O–H groups in total. The lowest BCUT2D eigenvalue weighted by Crippen LogP contribution is -2.07. The van der Waals surface area contributed by atoms with E-state index in [4.69, 9.17) is 0 Å². The summed E-state index contributed by atoms with van der Waals surface area (Å²) < 4.78 is 60.4. The topological polar surface area (TPSA) is 0 Å². The lowest BCUT2D eigenvalue weighted by molar-refractivity contribution is -0.135. The van der Waals surface area contributed by atoms with E-state index in [1.54, 1.807) is 0 Å². The predicted molar refractivity (Wildman–Crippen MR) is 45.4 cm³/mol. The van der Waals surface area contributed by atoms with Crippen molar-refractivity contribution in [2.24, 2.45) is 0 Å². The lowest BCUT2D eigenvalue weighted by Gasteiger charge is -2.05. The highest BCUT2D eigenvalue weighted by Crippen LogP contribution is 2.22. The third-order valence-corrected chi connectivity index (χ3v) is 1.91. The fraction of sp³-hybridized carbons (Fsp3) is 0.400. The number of hydrogen-bond donors (Lipinski definition) is 0. The summed E-state index contributed by atoms with van der Waals surface area (Å²) in [5.41, 5.74) is 0.373. The third kappa shape index (κ3) is 4.27. The molecule has 0 unspecified atom stereocenters. The molecule has 0 heterocycles. The van der Waals surface area contributed by atoms with Gasteiger partial charge in [0, 0.05) is 6.42 Å². The molecule has 0 atom stereocenters. The van der Waals surface area contributed by atoms with Crippen LogP contribution in [0.1, 0.15) is 18.4 Å². The van der Waals surface area contributed by atoms with Crippen molar-refractivity contribution in [1.29, 1.82) is 0 Å². The molecule has 1 aromatic rings. The first-order valence-electron chi connectivity index (χ1n) is 4.39. The van der Waals surface area contributed by atoms with Crippen molar-refractivity contribution >= 4 is 0 Å². The maximum absolute atomic E-state index is 12.6. The van der Waals surface area contributed by atoms with Gasteiger partial charge in [-0.1, -0.05) is 6.07 Å². The van der Waals surface area contributed by atoms with Crippen molar-refractivity contribution in [2.45, 2.75) is 25.4 Å². The van der Waals surface area contributed by atoms with E-state index in [-0.39, 0.29) is 12.8 Å². The van der Waals surface area contributed by atoms with Gasteiger partial charge in [0.05, 0.1) is 0 Å². The predicted octanol–water partition coefficient (Wildman–Crippen LogP) is 3.85. The second-order valence-electron chi connectivity index (χ2n) is 3.22. The van der Waals surface area contributed by atoms with Crippen LogP contribution in [-0.2, 0) is 6.42 Å². The molecule has 0 saturated heterocycles. The van der Waals surface area contributed by atoms with E-state index in [9.17, 15) is 22.0 Å². The van der Waals surface area contributed by atoms with E-state index in [0.29, 0.717) is 5.56 Å². The van der Waals surface area contributed by atoms with Crippen molar-refractivity contribution in [3.8, 4) is 0 Å². The van der Waals surface area contributed by atoms with Gasteiger partial charge in [-0.25, -0.2) is 8.78 Å². The summed E-state index contributed by atoms with van der Waals surface area (Å²) >= 11 is 0. The van der Waals surface area contributed by atoms with E-state index in [1.165, 1.54) is 6.07 Å². The van der Waals surface area contributed by atoms with Crippen molar-refractivity contribution in [1.82, 2.24) is 0 Å². The van der Waals surface area contributed by atoms with Gasteiger partial charge in [0.1, 0.15) is 0 Å². The Morgan fingerprint density at radius 3 is 2.20 bits per heavy atom. The minimum Gasteiger partial charge on any atom is -0.204 e. The van der Waals surface area contributed by atoms with E-state index in [1.807, 2.05) is 0 Å². The Kier molecular flexibility index (Phi) is 3.66. The van der Waals surface area contributed by atoms with Crippen LogP contribution in [0.25, 0.3) is 0 Å². The minimum absolute atomic E-state index is 0.0940. The van der Waals surface area contributed by atoms with Crippen molar-refractivity contribution in [3.63, 3.8) is 0 Å². The second kappa shape index (κ2) is 4.59. The fourth-order valence-electron chi connectivity index (χ4n) is 1.19. The lowest BCUT2D eigenvalue weighted by atomic mass is 10.1. The molecule has 0 spiro atoms. The molecular weight excluding hydrogens is 215 g/mol. The van der Waals surface area contributed by atoms with Gasteiger partial charge in [0.15, 0.2) is 11.6 Å². The molecule has 0 aliphatic carbocycles. The van der Waals surface area contributed by atoms with Crippen LogP contribution in [0, 0.1) is 11.6 Å². The Morgan fingerprint density at radius 2 is 1.67 bits per heavy atom. The zero-order chi connectivity index (χ0) is 11.5. The molecule has 0 nitrogen and oxygen atoms in total. The molecule has 0 bridgehead atoms. The number of hydrogen-bond acceptors (Lipinski definition) is 0. The van der Waals surface area contributed by atoms with Crippen molar-refractivity contribution in [3.05, 3.63) is 35.4 Å². The van der Waals surface area contributed by atoms with Crippen LogP contribution in [-0.4, -0.2) is 6.18 Å². The number of rotatable bonds is 3. The molecule has 0 amide bonds. The van der Waals surface area contributed by atoms with Crippen LogP contribution >= 0.6 is 0 Å². The monoisotopic (exact) mass is 224 g/mol.